The van der Waals surface area contributed by atoms with Crippen molar-refractivity contribution < 1.29 is 9.59 Å². The summed E-state index contributed by atoms with van der Waals surface area (Å²) in [5.41, 5.74) is 3.18. The number of benzene rings is 1. The topological polar surface area (TPSA) is 67.2 Å². The summed E-state index contributed by atoms with van der Waals surface area (Å²) in [6.45, 7) is 9.63. The standard InChI is InChI=1S/C21H28N4O2/c1-14-9-8-10-15(18(14)20(27)25-11-6-7-12-25)22-19(26)16-13-17(21(2,3)4)23-24(16)5/h8-10,13H,6-7,11-12H2,1-5H3,(H,22,26). The molecule has 1 aromatic carbocycles. The number of anilines is 1. The van der Waals surface area contributed by atoms with Gasteiger partial charge in [0, 0.05) is 25.6 Å². The zero-order valence-corrected chi connectivity index (χ0v) is 16.8. The molecule has 0 radical (unpaired) electrons. The van der Waals surface area contributed by atoms with E-state index >= 15 is 0 Å². The van der Waals surface area contributed by atoms with Gasteiger partial charge >= 0.3 is 0 Å². The minimum absolute atomic E-state index is 0.0127. The van der Waals surface area contributed by atoms with Crippen LogP contribution in [0.3, 0.4) is 0 Å². The molecule has 1 aliphatic heterocycles. The minimum atomic E-state index is -0.262. The molecule has 2 aromatic rings. The number of carbonyl (C=O) groups excluding carboxylic acids is 2. The number of hydrogen-bond donors (Lipinski definition) is 1. The third-order valence-electron chi connectivity index (χ3n) is 5.01. The highest BCUT2D eigenvalue weighted by molar-refractivity contribution is 6.09. The van der Waals surface area contributed by atoms with Crippen LogP contribution in [0.15, 0.2) is 24.3 Å². The van der Waals surface area contributed by atoms with Crippen molar-refractivity contribution in [2.24, 2.45) is 7.05 Å². The molecule has 2 amide bonds. The van der Waals surface area contributed by atoms with Crippen LogP contribution in [-0.4, -0.2) is 39.6 Å². The van der Waals surface area contributed by atoms with E-state index in [1.165, 1.54) is 0 Å². The first-order valence-electron chi connectivity index (χ1n) is 9.43. The van der Waals surface area contributed by atoms with Crippen LogP contribution in [0.25, 0.3) is 0 Å². The fourth-order valence-corrected chi connectivity index (χ4v) is 3.37. The Morgan fingerprint density at radius 1 is 1.15 bits per heavy atom. The Morgan fingerprint density at radius 2 is 1.81 bits per heavy atom. The second-order valence-corrected chi connectivity index (χ2v) is 8.24. The van der Waals surface area contributed by atoms with Gasteiger partial charge in [-0.1, -0.05) is 32.9 Å². The molecule has 0 saturated carbocycles. The highest BCUT2D eigenvalue weighted by Crippen LogP contribution is 2.25. The van der Waals surface area contributed by atoms with Gasteiger partial charge in [-0.3, -0.25) is 14.3 Å². The van der Waals surface area contributed by atoms with Crippen molar-refractivity contribution in [1.82, 2.24) is 14.7 Å². The second kappa shape index (κ2) is 7.18. The number of amides is 2. The number of aromatic nitrogens is 2. The monoisotopic (exact) mass is 368 g/mol. The van der Waals surface area contributed by atoms with Gasteiger partial charge in [0.25, 0.3) is 11.8 Å². The Bertz CT molecular complexity index is 871. The normalized spacial score (nSPS) is 14.5. The van der Waals surface area contributed by atoms with Gasteiger partial charge < -0.3 is 10.2 Å². The van der Waals surface area contributed by atoms with E-state index in [9.17, 15) is 9.59 Å². The first-order chi connectivity index (χ1) is 12.7. The minimum Gasteiger partial charge on any atom is -0.339 e. The molecule has 3 rings (SSSR count). The highest BCUT2D eigenvalue weighted by Gasteiger charge is 2.26. The lowest BCUT2D eigenvalue weighted by molar-refractivity contribution is 0.0793. The van der Waals surface area contributed by atoms with Crippen molar-refractivity contribution in [3.63, 3.8) is 0 Å². The molecule has 1 fully saturated rings. The summed E-state index contributed by atoms with van der Waals surface area (Å²) in [4.78, 5) is 27.7. The van der Waals surface area contributed by atoms with E-state index in [1.807, 2.05) is 30.0 Å². The van der Waals surface area contributed by atoms with E-state index in [4.69, 9.17) is 0 Å². The second-order valence-electron chi connectivity index (χ2n) is 8.24. The summed E-state index contributed by atoms with van der Waals surface area (Å²) in [6, 6.07) is 7.36. The van der Waals surface area contributed by atoms with Crippen LogP contribution in [-0.2, 0) is 12.5 Å². The van der Waals surface area contributed by atoms with Crippen LogP contribution >= 0.6 is 0 Å². The zero-order valence-electron chi connectivity index (χ0n) is 16.8. The molecule has 2 heterocycles. The van der Waals surface area contributed by atoms with Crippen LogP contribution in [0.1, 0.15) is 65.7 Å². The third kappa shape index (κ3) is 3.89. The van der Waals surface area contributed by atoms with Gasteiger partial charge in [0.1, 0.15) is 5.69 Å². The molecule has 27 heavy (non-hydrogen) atoms. The average Bonchev–Trinajstić information content (AvgIpc) is 3.23. The first kappa shape index (κ1) is 19.1. The predicted molar refractivity (Wildman–Crippen MR) is 106 cm³/mol. The lowest BCUT2D eigenvalue weighted by Gasteiger charge is -2.19. The molecule has 1 saturated heterocycles. The molecule has 0 unspecified atom stereocenters. The average molecular weight is 368 g/mol. The Labute approximate surface area is 160 Å². The van der Waals surface area contributed by atoms with Crippen molar-refractivity contribution >= 4 is 17.5 Å². The maximum absolute atomic E-state index is 13.0. The van der Waals surface area contributed by atoms with Gasteiger partial charge in [-0.15, -0.1) is 0 Å². The molecule has 0 spiro atoms. The van der Waals surface area contributed by atoms with Gasteiger partial charge in [-0.25, -0.2) is 0 Å². The molecule has 1 N–H and O–H groups in total. The summed E-state index contributed by atoms with van der Waals surface area (Å²) >= 11 is 0. The van der Waals surface area contributed by atoms with E-state index in [-0.39, 0.29) is 17.2 Å². The van der Waals surface area contributed by atoms with E-state index in [1.54, 1.807) is 17.8 Å². The van der Waals surface area contributed by atoms with E-state index < -0.39 is 0 Å². The SMILES string of the molecule is Cc1cccc(NC(=O)c2cc(C(C)(C)C)nn2C)c1C(=O)N1CCCC1. The fraction of sp³-hybridized carbons (Fsp3) is 0.476. The van der Waals surface area contributed by atoms with E-state index in [0.29, 0.717) is 16.9 Å². The van der Waals surface area contributed by atoms with Crippen molar-refractivity contribution in [3.8, 4) is 0 Å². The number of carbonyl (C=O) groups is 2. The number of rotatable bonds is 3. The van der Waals surface area contributed by atoms with Crippen LogP contribution in [0.4, 0.5) is 5.69 Å². The zero-order chi connectivity index (χ0) is 19.8. The Hall–Kier alpha value is -2.63. The molecule has 144 valence electrons. The number of likely N-dealkylation sites (tertiary alicyclic amines) is 1. The first-order valence-corrected chi connectivity index (χ1v) is 9.43. The smallest absolute Gasteiger partial charge is 0.273 e. The summed E-state index contributed by atoms with van der Waals surface area (Å²) in [6.07, 6.45) is 2.06. The molecule has 6 nitrogen and oxygen atoms in total. The van der Waals surface area contributed by atoms with Gasteiger partial charge in [0.05, 0.1) is 16.9 Å². The van der Waals surface area contributed by atoms with Crippen LogP contribution in [0.2, 0.25) is 0 Å². The molecule has 0 atom stereocenters. The maximum atomic E-state index is 13.0. The van der Waals surface area contributed by atoms with Crippen LogP contribution in [0, 0.1) is 6.92 Å². The third-order valence-corrected chi connectivity index (χ3v) is 5.01. The maximum Gasteiger partial charge on any atom is 0.273 e. The van der Waals surface area contributed by atoms with Crippen molar-refractivity contribution in [3.05, 3.63) is 46.8 Å². The summed E-state index contributed by atoms with van der Waals surface area (Å²) in [5, 5.41) is 7.39. The van der Waals surface area contributed by atoms with Gasteiger partial charge in [-0.05, 0) is 37.5 Å². The number of nitrogens with zero attached hydrogens (tertiary/aromatic N) is 3. The van der Waals surface area contributed by atoms with Crippen LogP contribution in [0.5, 0.6) is 0 Å². The largest absolute Gasteiger partial charge is 0.339 e. The summed E-state index contributed by atoms with van der Waals surface area (Å²) < 4.78 is 1.59. The van der Waals surface area contributed by atoms with E-state index in [0.717, 1.165) is 37.2 Å². The lowest BCUT2D eigenvalue weighted by atomic mass is 9.92. The summed E-state index contributed by atoms with van der Waals surface area (Å²) in [5.74, 6) is -0.275. The highest BCUT2D eigenvalue weighted by atomic mass is 16.2. The van der Waals surface area contributed by atoms with Crippen LogP contribution < -0.4 is 5.32 Å². The quantitative estimate of drug-likeness (QED) is 0.901. The summed E-state index contributed by atoms with van der Waals surface area (Å²) in [7, 11) is 1.76. The molecule has 1 aliphatic rings. The van der Waals surface area contributed by atoms with Gasteiger partial charge in [0.2, 0.25) is 0 Å². The molecular weight excluding hydrogens is 340 g/mol. The Morgan fingerprint density at radius 3 is 2.41 bits per heavy atom. The van der Waals surface area contributed by atoms with Crippen molar-refractivity contribution in [1.29, 1.82) is 0 Å². The Kier molecular flexibility index (Phi) is 5.09. The van der Waals surface area contributed by atoms with Gasteiger partial charge in [-0.2, -0.15) is 5.10 Å². The van der Waals surface area contributed by atoms with Gasteiger partial charge in [0.15, 0.2) is 0 Å². The van der Waals surface area contributed by atoms with Crippen molar-refractivity contribution in [2.45, 2.75) is 46.0 Å². The Balaban J connectivity index is 1.90. The molecule has 0 bridgehead atoms. The van der Waals surface area contributed by atoms with E-state index in [2.05, 4.69) is 31.2 Å². The number of hydrogen-bond acceptors (Lipinski definition) is 3. The number of aryl methyl sites for hydroxylation is 2. The molecule has 1 aromatic heterocycles. The molecule has 0 aliphatic carbocycles. The molecule has 6 heteroatoms. The predicted octanol–water partition coefficient (Wildman–Crippen LogP) is 3.51. The number of nitrogens with one attached hydrogen (secondary N) is 1. The fourth-order valence-electron chi connectivity index (χ4n) is 3.37. The lowest BCUT2D eigenvalue weighted by Crippen LogP contribution is -2.29. The van der Waals surface area contributed by atoms with Crippen molar-refractivity contribution in [2.75, 3.05) is 18.4 Å². The molecular formula is C21H28N4O2.